The van der Waals surface area contributed by atoms with Gasteiger partial charge in [-0.15, -0.1) is 0 Å². The van der Waals surface area contributed by atoms with Crippen molar-refractivity contribution >= 4 is 34.2 Å². The second-order valence-corrected chi connectivity index (χ2v) is 7.94. The van der Waals surface area contributed by atoms with Gasteiger partial charge in [0, 0.05) is 38.8 Å². The Kier molecular flexibility index (Phi) is 8.72. The fraction of sp³-hybridized carbons (Fsp3) is 0.579. The van der Waals surface area contributed by atoms with Crippen LogP contribution in [0.4, 0.5) is 0 Å². The highest BCUT2D eigenvalue weighted by molar-refractivity contribution is 8.23. The number of likely N-dealkylation sites (tertiary alicyclic amines) is 1. The fourth-order valence-electron chi connectivity index (χ4n) is 3.05. The van der Waals surface area contributed by atoms with Crippen molar-refractivity contribution < 1.29 is 4.79 Å². The number of nitrogens with zero attached hydrogens (tertiary/aromatic N) is 2. The van der Waals surface area contributed by atoms with Gasteiger partial charge in [0.25, 0.3) is 0 Å². The summed E-state index contributed by atoms with van der Waals surface area (Å²) in [5.74, 6) is 0.514. The van der Waals surface area contributed by atoms with Crippen LogP contribution in [0.2, 0.25) is 0 Å². The van der Waals surface area contributed by atoms with Gasteiger partial charge in [0.1, 0.15) is 4.32 Å². The van der Waals surface area contributed by atoms with Crippen LogP contribution in [0, 0.1) is 0 Å². The number of carbonyl (C=O) groups excluding carboxylic acids is 1. The van der Waals surface area contributed by atoms with Crippen LogP contribution in [0.3, 0.4) is 0 Å². The van der Waals surface area contributed by atoms with Gasteiger partial charge in [-0.3, -0.25) is 9.69 Å². The van der Waals surface area contributed by atoms with E-state index in [-0.39, 0.29) is 5.91 Å². The lowest BCUT2D eigenvalue weighted by atomic mass is 10.0. The van der Waals surface area contributed by atoms with Gasteiger partial charge in [0.15, 0.2) is 0 Å². The summed E-state index contributed by atoms with van der Waals surface area (Å²) in [5, 5.41) is 3.17. The molecule has 4 nitrogen and oxygen atoms in total. The SMILES string of the molecule is CCN(CC)C(=S)SCC(=O)NC1CCN(Cc2ccccc2)CC1. The molecule has 1 aliphatic heterocycles. The predicted molar refractivity (Wildman–Crippen MR) is 111 cm³/mol. The normalized spacial score (nSPS) is 15.8. The summed E-state index contributed by atoms with van der Waals surface area (Å²) < 4.78 is 0.817. The Morgan fingerprint density at radius 1 is 1.24 bits per heavy atom. The fourth-order valence-corrected chi connectivity index (χ4v) is 4.26. The number of carbonyl (C=O) groups is 1. The number of piperidine rings is 1. The van der Waals surface area contributed by atoms with Crippen molar-refractivity contribution in [3.05, 3.63) is 35.9 Å². The van der Waals surface area contributed by atoms with Crippen LogP contribution in [0.1, 0.15) is 32.3 Å². The molecule has 6 heteroatoms. The molecule has 0 unspecified atom stereocenters. The zero-order valence-electron chi connectivity index (χ0n) is 15.2. The van der Waals surface area contributed by atoms with Crippen molar-refractivity contribution in [3.63, 3.8) is 0 Å². The van der Waals surface area contributed by atoms with E-state index in [1.54, 1.807) is 0 Å². The largest absolute Gasteiger partial charge is 0.358 e. The van der Waals surface area contributed by atoms with Gasteiger partial charge in [-0.25, -0.2) is 0 Å². The molecule has 0 saturated carbocycles. The van der Waals surface area contributed by atoms with Crippen molar-refractivity contribution in [2.45, 2.75) is 39.3 Å². The predicted octanol–water partition coefficient (Wildman–Crippen LogP) is 3.13. The first-order chi connectivity index (χ1) is 12.1. The summed E-state index contributed by atoms with van der Waals surface area (Å²) in [6.45, 7) is 9.01. The van der Waals surface area contributed by atoms with Crippen molar-refractivity contribution in [1.82, 2.24) is 15.1 Å². The van der Waals surface area contributed by atoms with E-state index in [0.29, 0.717) is 11.8 Å². The lowest BCUT2D eigenvalue weighted by Gasteiger charge is -2.32. The van der Waals surface area contributed by atoms with Gasteiger partial charge in [0.05, 0.1) is 5.75 Å². The number of hydrogen-bond donors (Lipinski definition) is 1. The minimum Gasteiger partial charge on any atom is -0.358 e. The monoisotopic (exact) mass is 379 g/mol. The van der Waals surface area contributed by atoms with Gasteiger partial charge in [-0.05, 0) is 32.3 Å². The Morgan fingerprint density at radius 3 is 2.48 bits per heavy atom. The molecule has 1 heterocycles. The lowest BCUT2D eigenvalue weighted by Crippen LogP contribution is -2.45. The van der Waals surface area contributed by atoms with Crippen LogP contribution in [-0.2, 0) is 11.3 Å². The Morgan fingerprint density at radius 2 is 1.88 bits per heavy atom. The third kappa shape index (κ3) is 6.96. The molecular weight excluding hydrogens is 350 g/mol. The van der Waals surface area contributed by atoms with Crippen molar-refractivity contribution in [3.8, 4) is 0 Å². The molecule has 0 atom stereocenters. The molecule has 0 aliphatic carbocycles. The summed E-state index contributed by atoms with van der Waals surface area (Å²) in [6, 6.07) is 10.9. The molecule has 1 N–H and O–H groups in total. The number of hydrogen-bond acceptors (Lipinski definition) is 4. The molecule has 1 fully saturated rings. The number of thioether (sulfide) groups is 1. The van der Waals surface area contributed by atoms with Gasteiger partial charge >= 0.3 is 0 Å². The number of nitrogens with one attached hydrogen (secondary N) is 1. The van der Waals surface area contributed by atoms with Crippen molar-refractivity contribution in [1.29, 1.82) is 0 Å². The van der Waals surface area contributed by atoms with Crippen LogP contribution in [0.5, 0.6) is 0 Å². The molecule has 1 aromatic carbocycles. The highest BCUT2D eigenvalue weighted by atomic mass is 32.2. The smallest absolute Gasteiger partial charge is 0.230 e. The Hall–Kier alpha value is -1.11. The summed E-state index contributed by atoms with van der Waals surface area (Å²) >= 11 is 6.84. The maximum absolute atomic E-state index is 12.2. The van der Waals surface area contributed by atoms with E-state index in [4.69, 9.17) is 12.2 Å². The van der Waals surface area contributed by atoms with Gasteiger partial charge in [-0.2, -0.15) is 0 Å². The quantitative estimate of drug-likeness (QED) is 0.737. The van der Waals surface area contributed by atoms with Crippen LogP contribution < -0.4 is 5.32 Å². The molecular formula is C19H29N3OS2. The molecule has 1 aromatic rings. The van der Waals surface area contributed by atoms with E-state index in [9.17, 15) is 4.79 Å². The molecule has 1 aliphatic rings. The molecule has 1 saturated heterocycles. The lowest BCUT2D eigenvalue weighted by molar-refractivity contribution is -0.119. The maximum atomic E-state index is 12.2. The Labute approximate surface area is 161 Å². The zero-order valence-corrected chi connectivity index (χ0v) is 16.9. The van der Waals surface area contributed by atoms with Crippen LogP contribution in [0.25, 0.3) is 0 Å². The van der Waals surface area contributed by atoms with Crippen LogP contribution >= 0.6 is 24.0 Å². The van der Waals surface area contributed by atoms with Gasteiger partial charge < -0.3 is 10.2 Å². The minimum atomic E-state index is 0.0982. The van der Waals surface area contributed by atoms with Crippen molar-refractivity contribution in [2.24, 2.45) is 0 Å². The number of thiocarbonyl (C=S) groups is 1. The first kappa shape index (κ1) is 20.2. The Balaban J connectivity index is 1.65. The molecule has 0 bridgehead atoms. The first-order valence-electron chi connectivity index (χ1n) is 9.09. The van der Waals surface area contributed by atoms with Gasteiger partial charge in [0.2, 0.25) is 5.91 Å². The molecule has 25 heavy (non-hydrogen) atoms. The molecule has 0 aromatic heterocycles. The zero-order chi connectivity index (χ0) is 18.1. The van der Waals surface area contributed by atoms with E-state index in [1.165, 1.54) is 17.3 Å². The van der Waals surface area contributed by atoms with Crippen LogP contribution in [0.15, 0.2) is 30.3 Å². The topological polar surface area (TPSA) is 35.6 Å². The van der Waals surface area contributed by atoms with Crippen LogP contribution in [-0.4, -0.2) is 58.0 Å². The highest BCUT2D eigenvalue weighted by Crippen LogP contribution is 2.15. The Bertz CT molecular complexity index is 541. The van der Waals surface area contributed by atoms with Crippen molar-refractivity contribution in [2.75, 3.05) is 31.9 Å². The maximum Gasteiger partial charge on any atom is 0.230 e. The third-order valence-corrected chi connectivity index (χ3v) is 6.07. The average Bonchev–Trinajstić information content (AvgIpc) is 2.63. The second kappa shape index (κ2) is 10.8. The van der Waals surface area contributed by atoms with Gasteiger partial charge in [-0.1, -0.05) is 54.3 Å². The molecule has 0 spiro atoms. The van der Waals surface area contributed by atoms with E-state index in [1.807, 2.05) is 0 Å². The van der Waals surface area contributed by atoms with E-state index < -0.39 is 0 Å². The summed E-state index contributed by atoms with van der Waals surface area (Å²) in [5.41, 5.74) is 1.35. The van der Waals surface area contributed by atoms with E-state index >= 15 is 0 Å². The summed E-state index contributed by atoms with van der Waals surface area (Å²) in [4.78, 5) is 16.7. The van der Waals surface area contributed by atoms with E-state index in [0.717, 1.165) is 49.9 Å². The number of rotatable bonds is 7. The molecule has 138 valence electrons. The summed E-state index contributed by atoms with van der Waals surface area (Å²) in [7, 11) is 0. The summed E-state index contributed by atoms with van der Waals surface area (Å²) in [6.07, 6.45) is 2.04. The number of amides is 1. The molecule has 1 amide bonds. The average molecular weight is 380 g/mol. The minimum absolute atomic E-state index is 0.0982. The first-order valence-corrected chi connectivity index (χ1v) is 10.5. The number of benzene rings is 1. The molecule has 0 radical (unpaired) electrons. The third-order valence-electron chi connectivity index (χ3n) is 4.55. The standard InChI is InChI=1S/C19H29N3OS2/c1-3-22(4-2)19(24)25-15-18(23)20-17-10-12-21(13-11-17)14-16-8-6-5-7-9-16/h5-9,17H,3-4,10-15H2,1-2H3,(H,20,23). The molecule has 2 rings (SSSR count). The second-order valence-electron chi connectivity index (χ2n) is 6.33. The van der Waals surface area contributed by atoms with E-state index in [2.05, 4.69) is 59.3 Å². The highest BCUT2D eigenvalue weighted by Gasteiger charge is 2.21.